The van der Waals surface area contributed by atoms with Crippen LogP contribution in [-0.2, 0) is 0 Å². The normalized spacial score (nSPS) is 10.8. The van der Waals surface area contributed by atoms with Crippen LogP contribution in [0.3, 0.4) is 0 Å². The molecule has 0 bridgehead atoms. The van der Waals surface area contributed by atoms with E-state index < -0.39 is 0 Å². The molecule has 5 heteroatoms. The zero-order valence-electron chi connectivity index (χ0n) is 13.2. The summed E-state index contributed by atoms with van der Waals surface area (Å²) in [4.78, 5) is 14.2. The van der Waals surface area contributed by atoms with E-state index in [1.54, 1.807) is 30.3 Å². The molecule has 0 aliphatic carbocycles. The van der Waals surface area contributed by atoms with E-state index in [0.717, 1.165) is 11.3 Å². The number of nitrogens with zero attached hydrogens (tertiary/aromatic N) is 1. The standard InChI is InChI=1S/C18H18BrNO3/c1-20(2)14-7-5-13(6-8-14)16(21)9-4-12-10-15(19)18(22)17(11-12)23-3/h4-11,22H,1-3H3/b9-4+. The maximum Gasteiger partial charge on any atom is 0.185 e. The zero-order valence-corrected chi connectivity index (χ0v) is 14.8. The maximum absolute atomic E-state index is 12.2. The Morgan fingerprint density at radius 1 is 1.22 bits per heavy atom. The highest BCUT2D eigenvalue weighted by molar-refractivity contribution is 9.10. The van der Waals surface area contributed by atoms with Crippen LogP contribution in [0.1, 0.15) is 15.9 Å². The van der Waals surface area contributed by atoms with Gasteiger partial charge < -0.3 is 14.7 Å². The lowest BCUT2D eigenvalue weighted by atomic mass is 10.1. The molecule has 0 unspecified atom stereocenters. The molecule has 1 N–H and O–H groups in total. The van der Waals surface area contributed by atoms with Crippen LogP contribution in [0, 0.1) is 0 Å². The van der Waals surface area contributed by atoms with Crippen LogP contribution in [0.15, 0.2) is 46.9 Å². The van der Waals surface area contributed by atoms with Crippen molar-refractivity contribution in [2.24, 2.45) is 0 Å². The fourth-order valence-electron chi connectivity index (χ4n) is 2.04. The van der Waals surface area contributed by atoms with Gasteiger partial charge in [0.25, 0.3) is 0 Å². The van der Waals surface area contributed by atoms with E-state index in [0.29, 0.717) is 15.8 Å². The number of carbonyl (C=O) groups is 1. The molecule has 23 heavy (non-hydrogen) atoms. The lowest BCUT2D eigenvalue weighted by Crippen LogP contribution is -2.08. The van der Waals surface area contributed by atoms with Gasteiger partial charge in [0.1, 0.15) is 0 Å². The summed E-state index contributed by atoms with van der Waals surface area (Å²) in [5.74, 6) is 0.301. The third kappa shape index (κ3) is 4.13. The minimum atomic E-state index is -0.0847. The van der Waals surface area contributed by atoms with E-state index >= 15 is 0 Å². The number of benzene rings is 2. The van der Waals surface area contributed by atoms with Crippen LogP contribution >= 0.6 is 15.9 Å². The Balaban J connectivity index is 2.19. The first-order chi connectivity index (χ1) is 10.9. The van der Waals surface area contributed by atoms with Gasteiger partial charge in [-0.2, -0.15) is 0 Å². The van der Waals surface area contributed by atoms with Crippen molar-refractivity contribution >= 4 is 33.5 Å². The first-order valence-corrected chi connectivity index (χ1v) is 7.78. The quantitative estimate of drug-likeness (QED) is 0.630. The number of halogens is 1. The van der Waals surface area contributed by atoms with Crippen LogP contribution in [0.4, 0.5) is 5.69 Å². The van der Waals surface area contributed by atoms with Gasteiger partial charge in [0.15, 0.2) is 17.3 Å². The molecule has 0 spiro atoms. The first kappa shape index (κ1) is 17.1. The fraction of sp³-hybridized carbons (Fsp3) is 0.167. The summed E-state index contributed by atoms with van der Waals surface area (Å²) < 4.78 is 5.60. The number of methoxy groups -OCH3 is 1. The van der Waals surface area contributed by atoms with Crippen molar-refractivity contribution in [1.82, 2.24) is 0 Å². The number of phenols is 1. The minimum Gasteiger partial charge on any atom is -0.503 e. The Kier molecular flexibility index (Phi) is 5.45. The Hall–Kier alpha value is -2.27. The van der Waals surface area contributed by atoms with Gasteiger partial charge in [0.05, 0.1) is 11.6 Å². The largest absolute Gasteiger partial charge is 0.503 e. The number of anilines is 1. The molecule has 120 valence electrons. The average Bonchev–Trinajstić information content (AvgIpc) is 2.55. The van der Waals surface area contributed by atoms with Gasteiger partial charge in [0.2, 0.25) is 0 Å². The number of hydrogen-bond acceptors (Lipinski definition) is 4. The number of rotatable bonds is 5. The molecule has 0 saturated heterocycles. The third-order valence-corrected chi connectivity index (χ3v) is 3.97. The van der Waals surface area contributed by atoms with Crippen LogP contribution < -0.4 is 9.64 Å². The number of ether oxygens (including phenoxy) is 1. The van der Waals surface area contributed by atoms with Gasteiger partial charge in [-0.15, -0.1) is 0 Å². The van der Waals surface area contributed by atoms with Crippen molar-refractivity contribution in [2.75, 3.05) is 26.1 Å². The Bertz CT molecular complexity index is 737. The van der Waals surface area contributed by atoms with Gasteiger partial charge in [-0.25, -0.2) is 0 Å². The van der Waals surface area contributed by atoms with Gasteiger partial charge in [0, 0.05) is 25.3 Å². The predicted octanol–water partition coefficient (Wildman–Crippen LogP) is 4.13. The second-order valence-corrected chi connectivity index (χ2v) is 6.05. The van der Waals surface area contributed by atoms with Crippen molar-refractivity contribution in [3.63, 3.8) is 0 Å². The van der Waals surface area contributed by atoms with Gasteiger partial charge in [-0.05, 0) is 64.0 Å². The van der Waals surface area contributed by atoms with Crippen molar-refractivity contribution in [2.45, 2.75) is 0 Å². The highest BCUT2D eigenvalue weighted by atomic mass is 79.9. The van der Waals surface area contributed by atoms with E-state index in [-0.39, 0.29) is 11.5 Å². The number of allylic oxidation sites excluding steroid dienone is 1. The first-order valence-electron chi connectivity index (χ1n) is 6.98. The van der Waals surface area contributed by atoms with E-state index in [2.05, 4.69) is 15.9 Å². The van der Waals surface area contributed by atoms with Gasteiger partial charge in [-0.1, -0.05) is 6.08 Å². The van der Waals surface area contributed by atoms with Crippen molar-refractivity contribution in [3.8, 4) is 11.5 Å². The molecule has 0 fully saturated rings. The topological polar surface area (TPSA) is 49.8 Å². The summed E-state index contributed by atoms with van der Waals surface area (Å²) in [5.41, 5.74) is 2.42. The van der Waals surface area contributed by atoms with Gasteiger partial charge in [-0.3, -0.25) is 4.79 Å². The predicted molar refractivity (Wildman–Crippen MR) is 96.5 cm³/mol. The Morgan fingerprint density at radius 3 is 2.43 bits per heavy atom. The van der Waals surface area contributed by atoms with E-state index in [1.165, 1.54) is 13.2 Å². The highest BCUT2D eigenvalue weighted by Crippen LogP contribution is 2.35. The molecule has 0 aromatic heterocycles. The summed E-state index contributed by atoms with van der Waals surface area (Å²) in [5, 5.41) is 9.78. The average molecular weight is 376 g/mol. The molecule has 4 nitrogen and oxygen atoms in total. The van der Waals surface area contributed by atoms with Crippen molar-refractivity contribution < 1.29 is 14.6 Å². The fourth-order valence-corrected chi connectivity index (χ4v) is 2.50. The molecule has 2 rings (SSSR count). The van der Waals surface area contributed by atoms with Crippen LogP contribution in [-0.4, -0.2) is 32.1 Å². The summed E-state index contributed by atoms with van der Waals surface area (Å²) >= 11 is 3.26. The van der Waals surface area contributed by atoms with E-state index in [9.17, 15) is 9.90 Å². The summed E-state index contributed by atoms with van der Waals surface area (Å²) in [6.45, 7) is 0. The lowest BCUT2D eigenvalue weighted by molar-refractivity contribution is 0.104. The second-order valence-electron chi connectivity index (χ2n) is 5.19. The maximum atomic E-state index is 12.2. The van der Waals surface area contributed by atoms with Crippen LogP contribution in [0.2, 0.25) is 0 Å². The van der Waals surface area contributed by atoms with Crippen LogP contribution in [0.25, 0.3) is 6.08 Å². The van der Waals surface area contributed by atoms with Crippen molar-refractivity contribution in [3.05, 3.63) is 58.1 Å². The molecule has 0 atom stereocenters. The smallest absolute Gasteiger partial charge is 0.185 e. The molecule has 0 saturated carbocycles. The number of ketones is 1. The number of phenolic OH excluding ortho intramolecular Hbond substituents is 1. The molecule has 0 amide bonds. The van der Waals surface area contributed by atoms with E-state index in [4.69, 9.17) is 4.74 Å². The molecule has 2 aromatic rings. The minimum absolute atomic E-state index is 0.0373. The molecule has 0 radical (unpaired) electrons. The molecular weight excluding hydrogens is 358 g/mol. The molecule has 0 heterocycles. The number of carbonyl (C=O) groups excluding carboxylic acids is 1. The monoisotopic (exact) mass is 375 g/mol. The zero-order chi connectivity index (χ0) is 17.0. The Morgan fingerprint density at radius 2 is 1.87 bits per heavy atom. The molecule has 2 aromatic carbocycles. The highest BCUT2D eigenvalue weighted by Gasteiger charge is 2.08. The second kappa shape index (κ2) is 7.33. The third-order valence-electron chi connectivity index (χ3n) is 3.37. The van der Waals surface area contributed by atoms with Crippen LogP contribution in [0.5, 0.6) is 11.5 Å². The molecule has 0 aliphatic heterocycles. The van der Waals surface area contributed by atoms with Crippen molar-refractivity contribution in [1.29, 1.82) is 0 Å². The number of hydrogen-bond donors (Lipinski definition) is 1. The summed E-state index contributed by atoms with van der Waals surface area (Å²) in [6.07, 6.45) is 3.19. The van der Waals surface area contributed by atoms with Gasteiger partial charge >= 0.3 is 0 Å². The van der Waals surface area contributed by atoms with E-state index in [1.807, 2.05) is 31.1 Å². The Labute approximate surface area is 144 Å². The molecule has 0 aliphatic rings. The summed E-state index contributed by atoms with van der Waals surface area (Å²) in [6, 6.07) is 10.8. The number of aromatic hydroxyl groups is 1. The SMILES string of the molecule is COc1cc(/C=C/C(=O)c2ccc(N(C)C)cc2)cc(Br)c1O. The summed E-state index contributed by atoms with van der Waals surface area (Å²) in [7, 11) is 5.38. The molecular formula is C18H18BrNO3. The lowest BCUT2D eigenvalue weighted by Gasteiger charge is -2.11.